The van der Waals surface area contributed by atoms with Gasteiger partial charge in [-0.15, -0.1) is 11.3 Å². The molecule has 0 aliphatic heterocycles. The fraction of sp³-hybridized carbons (Fsp3) is 0.143. The Morgan fingerprint density at radius 2 is 1.81 bits per heavy atom. The van der Waals surface area contributed by atoms with E-state index in [0.29, 0.717) is 6.54 Å². The summed E-state index contributed by atoms with van der Waals surface area (Å²) in [4.78, 5) is 20.4. The molecule has 0 aliphatic carbocycles. The van der Waals surface area contributed by atoms with Gasteiger partial charge in [0.25, 0.3) is 5.91 Å². The number of carbonyl (C=O) groups excluding carboxylic acids is 1. The van der Waals surface area contributed by atoms with Gasteiger partial charge in [-0.05, 0) is 54.1 Å². The second-order valence-electron chi connectivity index (χ2n) is 6.25. The number of aromatic nitrogens is 1. The van der Waals surface area contributed by atoms with Crippen molar-refractivity contribution in [2.24, 2.45) is 0 Å². The fourth-order valence-corrected chi connectivity index (χ4v) is 4.52. The van der Waals surface area contributed by atoms with Crippen LogP contribution in [0.2, 0.25) is 0 Å². The highest BCUT2D eigenvalue weighted by Gasteiger charge is 2.22. The second-order valence-corrected chi connectivity index (χ2v) is 8.21. The number of benzene rings is 2. The van der Waals surface area contributed by atoms with Gasteiger partial charge in [-0.3, -0.25) is 9.69 Å². The van der Waals surface area contributed by atoms with E-state index in [1.807, 2.05) is 47.8 Å². The highest BCUT2D eigenvalue weighted by molar-refractivity contribution is 7.22. The third-order valence-corrected chi connectivity index (χ3v) is 6.28. The molecule has 1 amide bonds. The van der Waals surface area contributed by atoms with Gasteiger partial charge in [0, 0.05) is 0 Å². The first-order chi connectivity index (χ1) is 12.6. The van der Waals surface area contributed by atoms with Gasteiger partial charge in [-0.1, -0.05) is 47.7 Å². The van der Waals surface area contributed by atoms with Crippen molar-refractivity contribution in [3.63, 3.8) is 0 Å². The molecule has 0 saturated heterocycles. The molecule has 2 aromatic heterocycles. The Bertz CT molecular complexity index is 1010. The van der Waals surface area contributed by atoms with Crippen molar-refractivity contribution in [3.05, 3.63) is 81.5 Å². The summed E-state index contributed by atoms with van der Waals surface area (Å²) in [5.74, 6) is -0.00338. The highest BCUT2D eigenvalue weighted by atomic mass is 32.1. The molecule has 0 unspecified atom stereocenters. The van der Waals surface area contributed by atoms with Gasteiger partial charge in [-0.25, -0.2) is 4.98 Å². The maximum atomic E-state index is 13.1. The molecular formula is C21H18N2OS2. The molecule has 2 heterocycles. The second kappa shape index (κ2) is 7.02. The minimum atomic E-state index is -0.00338. The molecule has 0 fully saturated rings. The van der Waals surface area contributed by atoms with Gasteiger partial charge in [0.15, 0.2) is 5.13 Å². The monoisotopic (exact) mass is 378 g/mol. The van der Waals surface area contributed by atoms with Crippen LogP contribution in [0.1, 0.15) is 26.4 Å². The van der Waals surface area contributed by atoms with E-state index in [1.54, 1.807) is 16.2 Å². The van der Waals surface area contributed by atoms with Crippen LogP contribution in [-0.4, -0.2) is 10.9 Å². The van der Waals surface area contributed by atoms with Crippen molar-refractivity contribution in [1.82, 2.24) is 4.98 Å². The van der Waals surface area contributed by atoms with E-state index in [0.717, 1.165) is 25.8 Å². The third kappa shape index (κ3) is 3.28. The number of amides is 1. The van der Waals surface area contributed by atoms with Crippen LogP contribution < -0.4 is 4.90 Å². The lowest BCUT2D eigenvalue weighted by Crippen LogP contribution is -2.29. The van der Waals surface area contributed by atoms with Gasteiger partial charge in [0.2, 0.25) is 0 Å². The number of fused-ring (bicyclic) bond motifs is 1. The number of anilines is 1. The molecule has 130 valence electrons. The molecule has 0 N–H and O–H groups in total. The topological polar surface area (TPSA) is 33.2 Å². The summed E-state index contributed by atoms with van der Waals surface area (Å²) in [6.07, 6.45) is 0. The minimum absolute atomic E-state index is 0.00338. The standard InChI is InChI=1S/C21H18N2OS2/c1-14-11-17-19(12-15(14)2)26-21(22-17)23(13-16-7-4-3-5-8-16)20(24)18-9-6-10-25-18/h3-12H,13H2,1-2H3. The van der Waals surface area contributed by atoms with Crippen LogP contribution in [0.3, 0.4) is 0 Å². The van der Waals surface area contributed by atoms with Gasteiger partial charge in [0.1, 0.15) is 0 Å². The van der Waals surface area contributed by atoms with E-state index >= 15 is 0 Å². The lowest BCUT2D eigenvalue weighted by atomic mass is 10.1. The molecule has 5 heteroatoms. The number of carbonyl (C=O) groups is 1. The number of hydrogen-bond donors (Lipinski definition) is 0. The molecule has 0 bridgehead atoms. The molecule has 4 aromatic rings. The Morgan fingerprint density at radius 1 is 1.04 bits per heavy atom. The van der Waals surface area contributed by atoms with Gasteiger partial charge < -0.3 is 0 Å². The zero-order valence-electron chi connectivity index (χ0n) is 14.6. The normalized spacial score (nSPS) is 11.0. The first-order valence-electron chi connectivity index (χ1n) is 8.39. The van der Waals surface area contributed by atoms with Crippen molar-refractivity contribution in [2.75, 3.05) is 4.90 Å². The van der Waals surface area contributed by atoms with Crippen LogP contribution in [0.25, 0.3) is 10.2 Å². The zero-order chi connectivity index (χ0) is 18.1. The van der Waals surface area contributed by atoms with Crippen molar-refractivity contribution in [3.8, 4) is 0 Å². The molecule has 0 aliphatic rings. The molecule has 3 nitrogen and oxygen atoms in total. The van der Waals surface area contributed by atoms with Crippen molar-refractivity contribution in [2.45, 2.75) is 20.4 Å². The number of hydrogen-bond acceptors (Lipinski definition) is 4. The summed E-state index contributed by atoms with van der Waals surface area (Å²) in [5.41, 5.74) is 4.50. The van der Waals surface area contributed by atoms with Crippen LogP contribution in [0, 0.1) is 13.8 Å². The average Bonchev–Trinajstić information content (AvgIpc) is 3.30. The number of thiophene rings is 1. The van der Waals surface area contributed by atoms with Gasteiger partial charge in [0.05, 0.1) is 21.6 Å². The third-order valence-electron chi connectivity index (χ3n) is 4.38. The fourth-order valence-electron chi connectivity index (χ4n) is 2.81. The summed E-state index contributed by atoms with van der Waals surface area (Å²) in [5, 5.41) is 2.67. The molecule has 26 heavy (non-hydrogen) atoms. The molecule has 0 spiro atoms. The Kier molecular flexibility index (Phi) is 4.57. The Balaban J connectivity index is 1.78. The van der Waals surface area contributed by atoms with Crippen molar-refractivity contribution < 1.29 is 4.79 Å². The first-order valence-corrected chi connectivity index (χ1v) is 10.1. The summed E-state index contributed by atoms with van der Waals surface area (Å²) >= 11 is 3.03. The predicted molar refractivity (Wildman–Crippen MR) is 110 cm³/mol. The summed E-state index contributed by atoms with van der Waals surface area (Å²) < 4.78 is 1.11. The predicted octanol–water partition coefficient (Wildman–Crippen LogP) is 5.82. The van der Waals surface area contributed by atoms with Crippen LogP contribution in [0.15, 0.2) is 60.0 Å². The molecule has 0 saturated carbocycles. The quantitative estimate of drug-likeness (QED) is 0.448. The Morgan fingerprint density at radius 3 is 2.54 bits per heavy atom. The first kappa shape index (κ1) is 16.9. The average molecular weight is 379 g/mol. The molecular weight excluding hydrogens is 360 g/mol. The summed E-state index contributed by atoms with van der Waals surface area (Å²) in [7, 11) is 0. The molecule has 0 atom stereocenters. The zero-order valence-corrected chi connectivity index (χ0v) is 16.2. The molecule has 0 radical (unpaired) electrons. The van der Waals surface area contributed by atoms with E-state index in [9.17, 15) is 4.79 Å². The maximum absolute atomic E-state index is 13.1. The number of nitrogens with zero attached hydrogens (tertiary/aromatic N) is 2. The van der Waals surface area contributed by atoms with E-state index in [2.05, 4.69) is 26.0 Å². The van der Waals surface area contributed by atoms with E-state index in [1.165, 1.54) is 22.5 Å². The van der Waals surface area contributed by atoms with Gasteiger partial charge >= 0.3 is 0 Å². The van der Waals surface area contributed by atoms with E-state index < -0.39 is 0 Å². The van der Waals surface area contributed by atoms with E-state index in [4.69, 9.17) is 4.98 Å². The maximum Gasteiger partial charge on any atom is 0.270 e. The highest BCUT2D eigenvalue weighted by Crippen LogP contribution is 2.32. The van der Waals surface area contributed by atoms with Crippen LogP contribution in [-0.2, 0) is 6.54 Å². The lowest BCUT2D eigenvalue weighted by molar-refractivity contribution is 0.0989. The summed E-state index contributed by atoms with van der Waals surface area (Å²) in [6, 6.07) is 18.1. The minimum Gasteiger partial charge on any atom is -0.279 e. The van der Waals surface area contributed by atoms with Crippen LogP contribution in [0.4, 0.5) is 5.13 Å². The molecule has 2 aromatic carbocycles. The lowest BCUT2D eigenvalue weighted by Gasteiger charge is -2.19. The molecule has 4 rings (SSSR count). The number of thiazole rings is 1. The van der Waals surface area contributed by atoms with Gasteiger partial charge in [-0.2, -0.15) is 0 Å². The van der Waals surface area contributed by atoms with Crippen LogP contribution >= 0.6 is 22.7 Å². The SMILES string of the molecule is Cc1cc2nc(N(Cc3ccccc3)C(=O)c3cccs3)sc2cc1C. The Labute approximate surface area is 160 Å². The van der Waals surface area contributed by atoms with E-state index in [-0.39, 0.29) is 5.91 Å². The van der Waals surface area contributed by atoms with Crippen LogP contribution in [0.5, 0.6) is 0 Å². The van der Waals surface area contributed by atoms with Crippen molar-refractivity contribution in [1.29, 1.82) is 0 Å². The number of aryl methyl sites for hydroxylation is 2. The smallest absolute Gasteiger partial charge is 0.270 e. The number of rotatable bonds is 4. The Hall–Kier alpha value is -2.50. The van der Waals surface area contributed by atoms with Crippen molar-refractivity contribution >= 4 is 43.9 Å². The largest absolute Gasteiger partial charge is 0.279 e. The summed E-state index contributed by atoms with van der Waals surface area (Å²) in [6.45, 7) is 4.70.